The minimum atomic E-state index is -1.19. The summed E-state index contributed by atoms with van der Waals surface area (Å²) in [6.07, 6.45) is -0.527. The summed E-state index contributed by atoms with van der Waals surface area (Å²) >= 11 is 0. The van der Waals surface area contributed by atoms with E-state index >= 15 is 0 Å². The van der Waals surface area contributed by atoms with Crippen LogP contribution in [0, 0.1) is 11.8 Å². The van der Waals surface area contributed by atoms with Crippen LogP contribution in [0.4, 0.5) is 0 Å². The van der Waals surface area contributed by atoms with Crippen LogP contribution in [-0.2, 0) is 19.2 Å². The zero-order valence-electron chi connectivity index (χ0n) is 17.4. The van der Waals surface area contributed by atoms with E-state index in [9.17, 15) is 29.4 Å². The van der Waals surface area contributed by atoms with Gasteiger partial charge in [-0.3, -0.25) is 14.4 Å². The molecule has 0 aromatic rings. The molecule has 0 fully saturated rings. The average molecular weight is 402 g/mol. The lowest BCUT2D eigenvalue weighted by molar-refractivity contribution is -0.144. The number of aliphatic carboxylic acids is 1. The van der Waals surface area contributed by atoms with Gasteiger partial charge in [0.15, 0.2) is 0 Å². The third-order valence-electron chi connectivity index (χ3n) is 4.60. The molecule has 6 unspecified atom stereocenters. The number of carboxylic acid groups (broad SMARTS) is 1. The van der Waals surface area contributed by atoms with E-state index in [2.05, 4.69) is 16.0 Å². The predicted molar refractivity (Wildman–Crippen MR) is 103 cm³/mol. The molecule has 0 aromatic carbocycles. The quantitative estimate of drug-likeness (QED) is 0.256. The molecule has 0 bridgehead atoms. The van der Waals surface area contributed by atoms with Crippen LogP contribution in [0.25, 0.3) is 0 Å². The van der Waals surface area contributed by atoms with Gasteiger partial charge in [0.1, 0.15) is 24.2 Å². The third-order valence-corrected chi connectivity index (χ3v) is 4.60. The molecule has 0 saturated carbocycles. The van der Waals surface area contributed by atoms with Crippen molar-refractivity contribution >= 4 is 23.7 Å². The summed E-state index contributed by atoms with van der Waals surface area (Å²) in [5.74, 6) is -3.70. The number of carboxylic acids is 1. The Bertz CT molecular complexity index is 566. The summed E-state index contributed by atoms with van der Waals surface area (Å²) in [5.41, 5.74) is 5.52. The Morgan fingerprint density at radius 3 is 1.75 bits per heavy atom. The van der Waals surface area contributed by atoms with Gasteiger partial charge in [0, 0.05) is 0 Å². The molecule has 0 rings (SSSR count). The Balaban J connectivity index is 5.09. The van der Waals surface area contributed by atoms with Crippen molar-refractivity contribution in [2.75, 3.05) is 0 Å². The molecule has 3 amide bonds. The molecule has 0 aliphatic carbocycles. The van der Waals surface area contributed by atoms with Crippen molar-refractivity contribution in [2.24, 2.45) is 17.6 Å². The van der Waals surface area contributed by atoms with Gasteiger partial charge in [-0.2, -0.15) is 0 Å². The van der Waals surface area contributed by atoms with Gasteiger partial charge in [-0.25, -0.2) is 4.79 Å². The van der Waals surface area contributed by atoms with Gasteiger partial charge >= 0.3 is 5.97 Å². The summed E-state index contributed by atoms with van der Waals surface area (Å²) in [5, 5.41) is 26.0. The Labute approximate surface area is 165 Å². The molecule has 0 spiro atoms. The van der Waals surface area contributed by atoms with Crippen molar-refractivity contribution in [1.29, 1.82) is 0 Å². The van der Waals surface area contributed by atoms with E-state index in [1.807, 2.05) is 6.92 Å². The Morgan fingerprint density at radius 2 is 1.36 bits per heavy atom. The molecule has 0 radical (unpaired) electrons. The average Bonchev–Trinajstić information content (AvgIpc) is 2.61. The van der Waals surface area contributed by atoms with Gasteiger partial charge in [0.25, 0.3) is 0 Å². The molecule has 6 atom stereocenters. The maximum Gasteiger partial charge on any atom is 0.326 e. The van der Waals surface area contributed by atoms with Gasteiger partial charge in [-0.1, -0.05) is 34.1 Å². The fraction of sp³-hybridized carbons (Fsp3) is 0.778. The highest BCUT2D eigenvalue weighted by molar-refractivity contribution is 5.94. The van der Waals surface area contributed by atoms with Crippen LogP contribution in [0.1, 0.15) is 48.0 Å². The molecule has 0 saturated heterocycles. The fourth-order valence-corrected chi connectivity index (χ4v) is 2.33. The normalized spacial score (nSPS) is 17.6. The van der Waals surface area contributed by atoms with Crippen molar-refractivity contribution in [3.8, 4) is 0 Å². The Morgan fingerprint density at radius 1 is 0.857 bits per heavy atom. The number of nitrogens with one attached hydrogen (secondary N) is 3. The minimum Gasteiger partial charge on any atom is -0.480 e. The van der Waals surface area contributed by atoms with Gasteiger partial charge in [0.2, 0.25) is 17.7 Å². The summed E-state index contributed by atoms with van der Waals surface area (Å²) < 4.78 is 0. The number of rotatable bonds is 11. The number of carbonyl (C=O) groups excluding carboxylic acids is 3. The molecule has 7 N–H and O–H groups in total. The first-order valence-corrected chi connectivity index (χ1v) is 9.40. The van der Waals surface area contributed by atoms with Crippen molar-refractivity contribution < 1.29 is 29.4 Å². The van der Waals surface area contributed by atoms with Crippen LogP contribution in [0.2, 0.25) is 0 Å². The maximum absolute atomic E-state index is 12.6. The highest BCUT2D eigenvalue weighted by atomic mass is 16.4. The van der Waals surface area contributed by atoms with E-state index in [0.29, 0.717) is 6.42 Å². The summed E-state index contributed by atoms with van der Waals surface area (Å²) in [6.45, 7) is 9.70. The summed E-state index contributed by atoms with van der Waals surface area (Å²) in [7, 11) is 0. The predicted octanol–water partition coefficient (Wildman–Crippen LogP) is -1.04. The van der Waals surface area contributed by atoms with E-state index in [1.165, 1.54) is 13.8 Å². The first kappa shape index (κ1) is 25.8. The van der Waals surface area contributed by atoms with Crippen LogP contribution < -0.4 is 21.7 Å². The van der Waals surface area contributed by atoms with Crippen LogP contribution in [0.3, 0.4) is 0 Å². The number of nitrogens with two attached hydrogens (primary N) is 1. The number of aliphatic hydroxyl groups is 1. The first-order chi connectivity index (χ1) is 12.8. The molecule has 28 heavy (non-hydrogen) atoms. The number of aliphatic hydroxyl groups excluding tert-OH is 1. The number of carbonyl (C=O) groups is 4. The lowest BCUT2D eigenvalue weighted by atomic mass is 9.97. The molecular weight excluding hydrogens is 368 g/mol. The van der Waals surface area contributed by atoms with Crippen molar-refractivity contribution in [1.82, 2.24) is 16.0 Å². The zero-order chi connectivity index (χ0) is 22.2. The second kappa shape index (κ2) is 11.6. The van der Waals surface area contributed by atoms with Crippen LogP contribution in [0.5, 0.6) is 0 Å². The number of amides is 3. The lowest BCUT2D eigenvalue weighted by Gasteiger charge is -2.27. The number of hydrogen-bond acceptors (Lipinski definition) is 6. The van der Waals surface area contributed by atoms with Gasteiger partial charge in [-0.05, 0) is 25.7 Å². The van der Waals surface area contributed by atoms with E-state index in [-0.39, 0.29) is 11.8 Å². The molecular formula is C18H34N4O6. The van der Waals surface area contributed by atoms with E-state index in [0.717, 1.165) is 0 Å². The minimum absolute atomic E-state index is 0.287. The van der Waals surface area contributed by atoms with E-state index in [1.54, 1.807) is 20.8 Å². The Kier molecular flexibility index (Phi) is 10.7. The van der Waals surface area contributed by atoms with Crippen LogP contribution >= 0.6 is 0 Å². The topological polar surface area (TPSA) is 171 Å². The maximum atomic E-state index is 12.6. The van der Waals surface area contributed by atoms with Crippen molar-refractivity contribution in [2.45, 2.75) is 78.2 Å². The fourth-order valence-electron chi connectivity index (χ4n) is 2.33. The first-order valence-electron chi connectivity index (χ1n) is 9.40. The zero-order valence-corrected chi connectivity index (χ0v) is 17.4. The molecule has 162 valence electrons. The van der Waals surface area contributed by atoms with Crippen LogP contribution in [-0.4, -0.2) is 64.2 Å². The number of hydrogen-bond donors (Lipinski definition) is 6. The Hall–Kier alpha value is -2.20. The molecule has 10 heteroatoms. The third kappa shape index (κ3) is 7.81. The second-order valence-electron chi connectivity index (χ2n) is 7.44. The molecule has 0 aliphatic rings. The molecule has 10 nitrogen and oxygen atoms in total. The smallest absolute Gasteiger partial charge is 0.326 e. The standard InChI is InChI=1S/C18H34N4O6/c1-7-9(4)14(18(27)28)22-17(26)13(8(2)3)21-15(24)10(5)20-16(25)12(19)11(6)23/h8-14,23H,7,19H2,1-6H3,(H,20,25)(H,21,24)(H,22,26)(H,27,28). The highest BCUT2D eigenvalue weighted by Gasteiger charge is 2.32. The van der Waals surface area contributed by atoms with Gasteiger partial charge in [0.05, 0.1) is 6.10 Å². The molecule has 0 aliphatic heterocycles. The van der Waals surface area contributed by atoms with Crippen molar-refractivity contribution in [3.63, 3.8) is 0 Å². The summed E-state index contributed by atoms with van der Waals surface area (Å²) in [4.78, 5) is 48.2. The molecule has 0 heterocycles. The summed E-state index contributed by atoms with van der Waals surface area (Å²) in [6, 6.07) is -4.25. The van der Waals surface area contributed by atoms with Crippen LogP contribution in [0.15, 0.2) is 0 Å². The highest BCUT2D eigenvalue weighted by Crippen LogP contribution is 2.10. The lowest BCUT2D eigenvalue weighted by Crippen LogP contribution is -2.59. The van der Waals surface area contributed by atoms with Crippen molar-refractivity contribution in [3.05, 3.63) is 0 Å². The van der Waals surface area contributed by atoms with E-state index < -0.39 is 54.0 Å². The van der Waals surface area contributed by atoms with Gasteiger partial charge < -0.3 is 31.9 Å². The SMILES string of the molecule is CCC(C)C(NC(=O)C(NC(=O)C(C)NC(=O)C(N)C(C)O)C(C)C)C(=O)O. The van der Waals surface area contributed by atoms with E-state index in [4.69, 9.17) is 5.73 Å². The monoisotopic (exact) mass is 402 g/mol. The molecule has 0 aromatic heterocycles. The van der Waals surface area contributed by atoms with Gasteiger partial charge in [-0.15, -0.1) is 0 Å². The second-order valence-corrected chi connectivity index (χ2v) is 7.44. The largest absolute Gasteiger partial charge is 0.480 e.